The zero-order valence-electron chi connectivity index (χ0n) is 10.6. The van der Waals surface area contributed by atoms with Crippen LogP contribution in [0.3, 0.4) is 0 Å². The number of amides is 1. The second kappa shape index (κ2) is 5.87. The fraction of sp³-hybridized carbons (Fsp3) is 0.385. The lowest BCUT2D eigenvalue weighted by atomic mass is 10.1. The van der Waals surface area contributed by atoms with Gasteiger partial charge in [0.1, 0.15) is 0 Å². The van der Waals surface area contributed by atoms with Crippen molar-refractivity contribution in [2.75, 3.05) is 13.6 Å². The molecule has 1 aromatic carbocycles. The van der Waals surface area contributed by atoms with Crippen LogP contribution < -0.4 is 0 Å². The minimum Gasteiger partial charge on any atom is -0.481 e. The van der Waals surface area contributed by atoms with Gasteiger partial charge < -0.3 is 10.0 Å². The molecule has 0 fully saturated rings. The van der Waals surface area contributed by atoms with E-state index < -0.39 is 11.9 Å². The molecule has 0 spiro atoms. The highest BCUT2D eigenvalue weighted by Gasteiger charge is 2.18. The summed E-state index contributed by atoms with van der Waals surface area (Å²) >= 11 is 5.95. The minimum atomic E-state index is -0.920. The van der Waals surface area contributed by atoms with E-state index in [2.05, 4.69) is 0 Å². The molecule has 0 aliphatic rings. The maximum atomic E-state index is 12.0. The van der Waals surface area contributed by atoms with E-state index >= 15 is 0 Å². The number of aliphatic carboxylic acids is 1. The molecule has 1 atom stereocenters. The van der Waals surface area contributed by atoms with Crippen LogP contribution >= 0.6 is 11.6 Å². The first-order valence-corrected chi connectivity index (χ1v) is 5.95. The number of carboxylic acids is 1. The van der Waals surface area contributed by atoms with Crippen molar-refractivity contribution in [2.24, 2.45) is 5.92 Å². The van der Waals surface area contributed by atoms with Crippen molar-refractivity contribution in [2.45, 2.75) is 13.8 Å². The molecule has 18 heavy (non-hydrogen) atoms. The molecule has 0 saturated carbocycles. The van der Waals surface area contributed by atoms with Crippen molar-refractivity contribution >= 4 is 23.5 Å². The molecule has 0 aliphatic heterocycles. The first-order valence-electron chi connectivity index (χ1n) is 5.57. The third-order valence-electron chi connectivity index (χ3n) is 2.73. The Morgan fingerprint density at radius 1 is 1.44 bits per heavy atom. The van der Waals surface area contributed by atoms with Gasteiger partial charge in [-0.15, -0.1) is 0 Å². The summed E-state index contributed by atoms with van der Waals surface area (Å²) in [5.41, 5.74) is 1.36. The molecule has 0 bridgehead atoms. The first kappa shape index (κ1) is 14.5. The standard InChI is InChI=1S/C13H16ClNO3/c1-8-4-5-10(6-11(8)14)12(16)15(3)7-9(2)13(17)18/h4-6,9H,7H2,1-3H3,(H,17,18). The fourth-order valence-corrected chi connectivity index (χ4v) is 1.70. The number of hydrogen-bond donors (Lipinski definition) is 1. The summed E-state index contributed by atoms with van der Waals surface area (Å²) in [5.74, 6) is -1.75. The largest absolute Gasteiger partial charge is 0.481 e. The molecule has 0 radical (unpaired) electrons. The second-order valence-corrected chi connectivity index (χ2v) is 4.80. The smallest absolute Gasteiger partial charge is 0.308 e. The molecule has 1 amide bonds. The highest BCUT2D eigenvalue weighted by Crippen LogP contribution is 2.17. The SMILES string of the molecule is Cc1ccc(C(=O)N(C)CC(C)C(=O)O)cc1Cl. The van der Waals surface area contributed by atoms with E-state index in [1.54, 1.807) is 32.2 Å². The van der Waals surface area contributed by atoms with Crippen molar-refractivity contribution in [3.63, 3.8) is 0 Å². The summed E-state index contributed by atoms with van der Waals surface area (Å²) < 4.78 is 0. The van der Waals surface area contributed by atoms with Crippen LogP contribution in [0.15, 0.2) is 18.2 Å². The summed E-state index contributed by atoms with van der Waals surface area (Å²) in [7, 11) is 1.58. The van der Waals surface area contributed by atoms with Crippen molar-refractivity contribution in [3.05, 3.63) is 34.3 Å². The van der Waals surface area contributed by atoms with Gasteiger partial charge >= 0.3 is 5.97 Å². The molecule has 98 valence electrons. The van der Waals surface area contributed by atoms with Crippen LogP contribution in [-0.4, -0.2) is 35.5 Å². The molecule has 4 nitrogen and oxygen atoms in total. The zero-order valence-corrected chi connectivity index (χ0v) is 11.4. The monoisotopic (exact) mass is 269 g/mol. The average molecular weight is 270 g/mol. The molecular formula is C13H16ClNO3. The van der Waals surface area contributed by atoms with Crippen LogP contribution in [0.5, 0.6) is 0 Å². The summed E-state index contributed by atoms with van der Waals surface area (Å²) in [4.78, 5) is 24.2. The molecule has 1 aromatic rings. The quantitative estimate of drug-likeness (QED) is 0.913. The first-order chi connectivity index (χ1) is 8.32. The number of carboxylic acid groups (broad SMARTS) is 1. The number of carbonyl (C=O) groups excluding carboxylic acids is 1. The molecular weight excluding hydrogens is 254 g/mol. The normalized spacial score (nSPS) is 12.0. The van der Waals surface area contributed by atoms with Gasteiger partial charge in [0.2, 0.25) is 0 Å². The van der Waals surface area contributed by atoms with E-state index in [-0.39, 0.29) is 12.5 Å². The zero-order chi connectivity index (χ0) is 13.9. The maximum absolute atomic E-state index is 12.0. The molecule has 0 aliphatic carbocycles. The Bertz CT molecular complexity index is 473. The van der Waals surface area contributed by atoms with Gasteiger partial charge in [-0.1, -0.05) is 24.6 Å². The van der Waals surface area contributed by atoms with Gasteiger partial charge in [-0.2, -0.15) is 0 Å². The van der Waals surface area contributed by atoms with Crippen molar-refractivity contribution in [1.29, 1.82) is 0 Å². The van der Waals surface area contributed by atoms with Gasteiger partial charge in [0.05, 0.1) is 5.92 Å². The Hall–Kier alpha value is -1.55. The van der Waals surface area contributed by atoms with Gasteiger partial charge in [0.25, 0.3) is 5.91 Å². The van der Waals surface area contributed by atoms with Crippen LogP contribution in [0.25, 0.3) is 0 Å². The molecule has 0 heterocycles. The van der Waals surface area contributed by atoms with E-state index in [1.165, 1.54) is 4.90 Å². The lowest BCUT2D eigenvalue weighted by Crippen LogP contribution is -2.33. The lowest BCUT2D eigenvalue weighted by molar-refractivity contribution is -0.141. The Morgan fingerprint density at radius 2 is 2.06 bits per heavy atom. The number of rotatable bonds is 4. The summed E-state index contributed by atoms with van der Waals surface area (Å²) in [5, 5.41) is 9.33. The van der Waals surface area contributed by atoms with Crippen LogP contribution in [0.4, 0.5) is 0 Å². The number of hydrogen-bond acceptors (Lipinski definition) is 2. The Kier molecular flexibility index (Phi) is 4.73. The fourth-order valence-electron chi connectivity index (χ4n) is 1.52. The molecule has 0 aromatic heterocycles. The van der Waals surface area contributed by atoms with Crippen molar-refractivity contribution in [3.8, 4) is 0 Å². The average Bonchev–Trinajstić information content (AvgIpc) is 2.31. The van der Waals surface area contributed by atoms with Crippen LogP contribution in [0, 0.1) is 12.8 Å². The van der Waals surface area contributed by atoms with Gasteiger partial charge in [-0.3, -0.25) is 9.59 Å². The summed E-state index contributed by atoms with van der Waals surface area (Å²) in [6.45, 7) is 3.58. The van der Waals surface area contributed by atoms with E-state index in [4.69, 9.17) is 16.7 Å². The molecule has 1 unspecified atom stereocenters. The number of nitrogens with zero attached hydrogens (tertiary/aromatic N) is 1. The van der Waals surface area contributed by atoms with E-state index in [1.807, 2.05) is 6.92 Å². The Balaban J connectivity index is 2.80. The number of benzene rings is 1. The Morgan fingerprint density at radius 3 is 2.56 bits per heavy atom. The highest BCUT2D eigenvalue weighted by molar-refractivity contribution is 6.31. The number of halogens is 1. The number of carbonyl (C=O) groups is 2. The summed E-state index contributed by atoms with van der Waals surface area (Å²) in [6, 6.07) is 5.05. The van der Waals surface area contributed by atoms with Gasteiger partial charge in [0.15, 0.2) is 0 Å². The predicted molar refractivity (Wildman–Crippen MR) is 69.9 cm³/mol. The third kappa shape index (κ3) is 3.47. The van der Waals surface area contributed by atoms with Crippen molar-refractivity contribution < 1.29 is 14.7 Å². The highest BCUT2D eigenvalue weighted by atomic mass is 35.5. The van der Waals surface area contributed by atoms with Crippen LogP contribution in [0.2, 0.25) is 5.02 Å². The Labute approximate surface area is 111 Å². The molecule has 1 N–H and O–H groups in total. The van der Waals surface area contributed by atoms with E-state index in [0.717, 1.165) is 5.56 Å². The molecule has 5 heteroatoms. The third-order valence-corrected chi connectivity index (χ3v) is 3.14. The van der Waals surface area contributed by atoms with Crippen molar-refractivity contribution in [1.82, 2.24) is 4.90 Å². The van der Waals surface area contributed by atoms with E-state index in [9.17, 15) is 9.59 Å². The predicted octanol–water partition coefficient (Wildman–Crippen LogP) is 2.44. The summed E-state index contributed by atoms with van der Waals surface area (Å²) in [6.07, 6.45) is 0. The van der Waals surface area contributed by atoms with Gasteiger partial charge in [-0.25, -0.2) is 0 Å². The van der Waals surface area contributed by atoms with Gasteiger partial charge in [0, 0.05) is 24.2 Å². The van der Waals surface area contributed by atoms with Crippen LogP contribution in [0.1, 0.15) is 22.8 Å². The van der Waals surface area contributed by atoms with Gasteiger partial charge in [-0.05, 0) is 24.6 Å². The second-order valence-electron chi connectivity index (χ2n) is 4.39. The maximum Gasteiger partial charge on any atom is 0.308 e. The van der Waals surface area contributed by atoms with Crippen LogP contribution in [-0.2, 0) is 4.79 Å². The molecule has 0 saturated heterocycles. The topological polar surface area (TPSA) is 57.6 Å². The lowest BCUT2D eigenvalue weighted by Gasteiger charge is -2.19. The minimum absolute atomic E-state index is 0.166. The molecule has 1 rings (SSSR count). The van der Waals surface area contributed by atoms with E-state index in [0.29, 0.717) is 10.6 Å². The number of aryl methyl sites for hydroxylation is 1.